The minimum absolute atomic E-state index is 0.198. The van der Waals surface area contributed by atoms with Crippen molar-refractivity contribution in [1.82, 2.24) is 19.7 Å². The lowest BCUT2D eigenvalue weighted by Crippen LogP contribution is -2.25. The van der Waals surface area contributed by atoms with Gasteiger partial charge in [-0.05, 0) is 60.2 Å². The van der Waals surface area contributed by atoms with Crippen LogP contribution in [0.2, 0.25) is 0 Å². The van der Waals surface area contributed by atoms with Crippen molar-refractivity contribution >= 4 is 5.91 Å². The Balaban J connectivity index is 1.45. The summed E-state index contributed by atoms with van der Waals surface area (Å²) in [5, 5.41) is 7.54. The number of aryl methyl sites for hydroxylation is 1. The third-order valence-corrected chi connectivity index (χ3v) is 5.11. The number of nitrogens with one attached hydrogen (secondary N) is 1. The zero-order valence-electron chi connectivity index (χ0n) is 16.7. The molecule has 1 aliphatic heterocycles. The first-order chi connectivity index (χ1) is 15.1. The topological polar surface area (TPSA) is 70.3 Å². The molecule has 0 fully saturated rings. The number of rotatable bonds is 5. The van der Waals surface area contributed by atoms with Gasteiger partial charge in [-0.25, -0.2) is 9.07 Å². The van der Waals surface area contributed by atoms with Gasteiger partial charge in [0.1, 0.15) is 17.2 Å². The van der Waals surface area contributed by atoms with Crippen molar-refractivity contribution in [3.8, 4) is 28.6 Å². The van der Waals surface area contributed by atoms with E-state index in [0.29, 0.717) is 35.1 Å². The van der Waals surface area contributed by atoms with E-state index in [0.717, 1.165) is 11.3 Å². The third-order valence-electron chi connectivity index (χ3n) is 5.11. The van der Waals surface area contributed by atoms with Gasteiger partial charge in [0.2, 0.25) is 6.79 Å². The fourth-order valence-corrected chi connectivity index (χ4v) is 3.50. The molecule has 0 unspecified atom stereocenters. The first-order valence-electron chi connectivity index (χ1n) is 9.73. The highest BCUT2D eigenvalue weighted by Gasteiger charge is 2.19. The normalized spacial score (nSPS) is 12.2. The van der Waals surface area contributed by atoms with Gasteiger partial charge >= 0.3 is 0 Å². The van der Waals surface area contributed by atoms with Crippen molar-refractivity contribution in [3.63, 3.8) is 0 Å². The van der Waals surface area contributed by atoms with Gasteiger partial charge in [-0.1, -0.05) is 6.07 Å². The van der Waals surface area contributed by atoms with Crippen LogP contribution in [0.15, 0.2) is 66.9 Å². The number of carbonyl (C=O) groups excluding carboxylic acids is 1. The maximum atomic E-state index is 13.4. The van der Waals surface area contributed by atoms with Crippen molar-refractivity contribution in [1.29, 1.82) is 0 Å². The van der Waals surface area contributed by atoms with Crippen LogP contribution in [0.3, 0.4) is 0 Å². The molecule has 2 aromatic heterocycles. The zero-order valence-corrected chi connectivity index (χ0v) is 16.7. The molecule has 31 heavy (non-hydrogen) atoms. The molecule has 4 aromatic rings. The molecule has 1 N–H and O–H groups in total. The minimum atomic E-state index is -0.354. The van der Waals surface area contributed by atoms with Gasteiger partial charge in [-0.3, -0.25) is 4.79 Å². The largest absolute Gasteiger partial charge is 0.454 e. The molecule has 2 aromatic carbocycles. The Bertz CT molecular complexity index is 1260. The molecule has 0 radical (unpaired) electrons. The molecular formula is C23H19FN4O3. The average Bonchev–Trinajstić information content (AvgIpc) is 3.51. The minimum Gasteiger partial charge on any atom is -0.454 e. The summed E-state index contributed by atoms with van der Waals surface area (Å²) in [6.45, 7) is 0.507. The number of ether oxygens (including phenoxy) is 2. The van der Waals surface area contributed by atoms with E-state index >= 15 is 0 Å². The number of hydrogen-bond acceptors (Lipinski definition) is 4. The van der Waals surface area contributed by atoms with E-state index in [1.807, 2.05) is 48.1 Å². The van der Waals surface area contributed by atoms with Gasteiger partial charge < -0.3 is 19.4 Å². The summed E-state index contributed by atoms with van der Waals surface area (Å²) in [7, 11) is 1.91. The molecule has 3 heterocycles. The first-order valence-corrected chi connectivity index (χ1v) is 9.73. The van der Waals surface area contributed by atoms with Gasteiger partial charge in [0.05, 0.1) is 11.4 Å². The van der Waals surface area contributed by atoms with Crippen LogP contribution in [0, 0.1) is 5.82 Å². The molecule has 5 rings (SSSR count). The Morgan fingerprint density at radius 2 is 1.90 bits per heavy atom. The number of fused-ring (bicyclic) bond motifs is 1. The molecule has 0 spiro atoms. The van der Waals surface area contributed by atoms with Crippen LogP contribution in [0.4, 0.5) is 4.39 Å². The van der Waals surface area contributed by atoms with Crippen molar-refractivity contribution < 1.29 is 18.7 Å². The van der Waals surface area contributed by atoms with Crippen LogP contribution in [0.25, 0.3) is 17.1 Å². The number of halogens is 1. The van der Waals surface area contributed by atoms with E-state index in [-0.39, 0.29) is 18.5 Å². The summed E-state index contributed by atoms with van der Waals surface area (Å²) in [6, 6.07) is 17.0. The van der Waals surface area contributed by atoms with Crippen LogP contribution in [0.1, 0.15) is 16.1 Å². The summed E-state index contributed by atoms with van der Waals surface area (Å²) in [5.74, 6) is 0.702. The first kappa shape index (κ1) is 18.9. The Morgan fingerprint density at radius 3 is 2.68 bits per heavy atom. The van der Waals surface area contributed by atoms with Crippen LogP contribution in [-0.4, -0.2) is 27.0 Å². The van der Waals surface area contributed by atoms with Crippen LogP contribution in [0.5, 0.6) is 11.5 Å². The summed E-state index contributed by atoms with van der Waals surface area (Å²) in [6.07, 6.45) is 1.91. The van der Waals surface area contributed by atoms with Crippen LogP contribution in [-0.2, 0) is 13.6 Å². The van der Waals surface area contributed by atoms with E-state index in [4.69, 9.17) is 9.47 Å². The fourth-order valence-electron chi connectivity index (χ4n) is 3.50. The smallest absolute Gasteiger partial charge is 0.270 e. The molecular weight excluding hydrogens is 399 g/mol. The number of nitrogens with zero attached hydrogens (tertiary/aromatic N) is 3. The number of benzene rings is 2. The highest BCUT2D eigenvalue weighted by Crippen LogP contribution is 2.32. The lowest BCUT2D eigenvalue weighted by molar-refractivity contribution is 0.0943. The van der Waals surface area contributed by atoms with Gasteiger partial charge in [0.15, 0.2) is 11.5 Å². The van der Waals surface area contributed by atoms with E-state index in [1.165, 1.54) is 16.8 Å². The third kappa shape index (κ3) is 3.63. The van der Waals surface area contributed by atoms with Gasteiger partial charge in [0, 0.05) is 19.8 Å². The highest BCUT2D eigenvalue weighted by molar-refractivity contribution is 5.94. The van der Waals surface area contributed by atoms with Crippen molar-refractivity contribution in [2.75, 3.05) is 6.79 Å². The van der Waals surface area contributed by atoms with E-state index in [2.05, 4.69) is 10.4 Å². The SMILES string of the molecule is Cn1cccc1-c1cc(C(=O)NCc2ccc3c(c2)OCO3)n(-c2ccc(F)cc2)n1. The molecule has 0 saturated carbocycles. The summed E-state index contributed by atoms with van der Waals surface area (Å²) in [4.78, 5) is 13.1. The number of carbonyl (C=O) groups is 1. The summed E-state index contributed by atoms with van der Waals surface area (Å²) < 4.78 is 27.6. The zero-order chi connectivity index (χ0) is 21.4. The molecule has 156 valence electrons. The molecule has 8 heteroatoms. The standard InChI is InChI=1S/C23H19FN4O3/c1-27-10-2-3-19(27)18-12-20(28(26-18)17-7-5-16(24)6-8-17)23(29)25-13-15-4-9-21-22(11-15)31-14-30-21/h2-12H,13-14H2,1H3,(H,25,29). The fraction of sp³-hybridized carbons (Fsp3) is 0.130. The monoisotopic (exact) mass is 418 g/mol. The molecule has 0 saturated heterocycles. The Kier molecular flexibility index (Phi) is 4.66. The van der Waals surface area contributed by atoms with Crippen molar-refractivity contribution in [2.24, 2.45) is 7.05 Å². The number of amides is 1. The van der Waals surface area contributed by atoms with Crippen molar-refractivity contribution in [3.05, 3.63) is 83.9 Å². The maximum absolute atomic E-state index is 13.4. The van der Waals surface area contributed by atoms with Crippen LogP contribution < -0.4 is 14.8 Å². The molecule has 0 atom stereocenters. The van der Waals surface area contributed by atoms with Gasteiger partial charge in [0.25, 0.3) is 5.91 Å². The molecule has 1 aliphatic rings. The molecule has 0 bridgehead atoms. The second-order valence-corrected chi connectivity index (χ2v) is 7.18. The Hall–Kier alpha value is -4.07. The second kappa shape index (κ2) is 7.64. The second-order valence-electron chi connectivity index (χ2n) is 7.18. The highest BCUT2D eigenvalue weighted by atomic mass is 19.1. The van der Waals surface area contributed by atoms with E-state index in [9.17, 15) is 9.18 Å². The van der Waals surface area contributed by atoms with Crippen LogP contribution >= 0.6 is 0 Å². The van der Waals surface area contributed by atoms with Gasteiger partial charge in [-0.15, -0.1) is 0 Å². The quantitative estimate of drug-likeness (QED) is 0.537. The lowest BCUT2D eigenvalue weighted by atomic mass is 10.2. The van der Waals surface area contributed by atoms with Gasteiger partial charge in [-0.2, -0.15) is 5.10 Å². The Morgan fingerprint density at radius 1 is 1.10 bits per heavy atom. The number of aromatic nitrogens is 3. The maximum Gasteiger partial charge on any atom is 0.270 e. The molecule has 7 nitrogen and oxygen atoms in total. The van der Waals surface area contributed by atoms with E-state index in [1.54, 1.807) is 18.2 Å². The Labute approximate surface area is 177 Å². The predicted molar refractivity (Wildman–Crippen MR) is 112 cm³/mol. The van der Waals surface area contributed by atoms with Crippen molar-refractivity contribution in [2.45, 2.75) is 6.54 Å². The molecule has 1 amide bonds. The van der Waals surface area contributed by atoms with E-state index < -0.39 is 0 Å². The summed E-state index contributed by atoms with van der Waals surface area (Å²) >= 11 is 0. The predicted octanol–water partition coefficient (Wildman–Crippen LogP) is 3.68. The average molecular weight is 418 g/mol. The molecule has 0 aliphatic carbocycles. The number of hydrogen-bond donors (Lipinski definition) is 1. The summed E-state index contributed by atoms with van der Waals surface area (Å²) in [5.41, 5.74) is 3.34. The lowest BCUT2D eigenvalue weighted by Gasteiger charge is -2.09.